The number of fused-ring (bicyclic) bond motifs is 1. The van der Waals surface area contributed by atoms with Crippen LogP contribution in [0.4, 0.5) is 11.5 Å². The summed E-state index contributed by atoms with van der Waals surface area (Å²) in [6.45, 7) is 2.08. The zero-order chi connectivity index (χ0) is 21.2. The predicted octanol–water partition coefficient (Wildman–Crippen LogP) is 7.86. The molecule has 0 unspecified atom stereocenters. The van der Waals surface area contributed by atoms with Crippen LogP contribution in [0.1, 0.15) is 5.56 Å². The molecule has 0 aliphatic carbocycles. The van der Waals surface area contributed by atoms with Crippen molar-refractivity contribution >= 4 is 44.7 Å². The molecule has 2 heterocycles. The van der Waals surface area contributed by atoms with Crippen molar-refractivity contribution in [3.8, 4) is 22.6 Å². The van der Waals surface area contributed by atoms with Crippen molar-refractivity contribution in [1.82, 2.24) is 9.97 Å². The topological polar surface area (TPSA) is 47.0 Å². The summed E-state index contributed by atoms with van der Waals surface area (Å²) in [5, 5.41) is 7.13. The quantitative estimate of drug-likeness (QED) is 0.300. The van der Waals surface area contributed by atoms with Crippen molar-refractivity contribution in [2.24, 2.45) is 0 Å². The highest BCUT2D eigenvalue weighted by atomic mass is 35.5. The standard InChI is InChI=1S/C25H18ClN3OS/c1-16-7-9-17(10-8-16)20-14-31-25-23(20)24(27-15-28-25)29-21-13-18(26)11-12-22(21)30-19-5-3-2-4-6-19/h2-15H,1H3,(H,27,28,29). The molecule has 0 saturated carbocycles. The number of aromatic nitrogens is 2. The highest BCUT2D eigenvalue weighted by molar-refractivity contribution is 7.17. The maximum atomic E-state index is 6.30. The van der Waals surface area contributed by atoms with Crippen LogP contribution in [0.3, 0.4) is 0 Å². The minimum absolute atomic E-state index is 0.609. The number of hydrogen-bond acceptors (Lipinski definition) is 5. The lowest BCUT2D eigenvalue weighted by atomic mass is 10.0. The Morgan fingerprint density at radius 1 is 0.935 bits per heavy atom. The molecule has 0 saturated heterocycles. The zero-order valence-electron chi connectivity index (χ0n) is 16.7. The van der Waals surface area contributed by atoms with E-state index in [-0.39, 0.29) is 0 Å². The number of nitrogens with zero attached hydrogens (tertiary/aromatic N) is 2. The number of halogens is 1. The fourth-order valence-electron chi connectivity index (χ4n) is 3.35. The number of rotatable bonds is 5. The summed E-state index contributed by atoms with van der Waals surface area (Å²) in [4.78, 5) is 9.92. The molecule has 0 atom stereocenters. The van der Waals surface area contributed by atoms with Gasteiger partial charge in [-0.2, -0.15) is 0 Å². The van der Waals surface area contributed by atoms with Crippen LogP contribution in [-0.4, -0.2) is 9.97 Å². The van der Waals surface area contributed by atoms with Gasteiger partial charge in [0, 0.05) is 16.0 Å². The molecule has 0 amide bonds. The Balaban J connectivity index is 1.58. The SMILES string of the molecule is Cc1ccc(-c2csc3ncnc(Nc4cc(Cl)ccc4Oc4ccccc4)c23)cc1. The first-order valence-electron chi connectivity index (χ1n) is 9.76. The molecular formula is C25H18ClN3OS. The Morgan fingerprint density at radius 2 is 1.74 bits per heavy atom. The van der Waals surface area contributed by atoms with Crippen LogP contribution in [0, 0.1) is 6.92 Å². The second-order valence-electron chi connectivity index (χ2n) is 7.10. The fraction of sp³-hybridized carbons (Fsp3) is 0.0400. The van der Waals surface area contributed by atoms with Crippen LogP contribution in [0.15, 0.2) is 84.5 Å². The largest absolute Gasteiger partial charge is 0.455 e. The molecule has 0 spiro atoms. The van der Waals surface area contributed by atoms with Crippen molar-refractivity contribution in [1.29, 1.82) is 0 Å². The predicted molar refractivity (Wildman–Crippen MR) is 129 cm³/mol. The molecule has 31 heavy (non-hydrogen) atoms. The van der Waals surface area contributed by atoms with Gasteiger partial charge in [-0.05, 0) is 42.8 Å². The number of hydrogen-bond donors (Lipinski definition) is 1. The Bertz CT molecular complexity index is 1350. The van der Waals surface area contributed by atoms with Gasteiger partial charge in [0.05, 0.1) is 11.1 Å². The van der Waals surface area contributed by atoms with Crippen LogP contribution in [-0.2, 0) is 0 Å². The van der Waals surface area contributed by atoms with Gasteiger partial charge in [-0.1, -0.05) is 59.6 Å². The molecule has 5 rings (SSSR count). The molecule has 2 aromatic heterocycles. The van der Waals surface area contributed by atoms with Crippen molar-refractivity contribution in [2.75, 3.05) is 5.32 Å². The van der Waals surface area contributed by atoms with E-state index in [1.54, 1.807) is 17.7 Å². The highest BCUT2D eigenvalue weighted by Crippen LogP contribution is 2.40. The molecule has 1 N–H and O–H groups in total. The first-order valence-corrected chi connectivity index (χ1v) is 11.0. The Labute approximate surface area is 189 Å². The van der Waals surface area contributed by atoms with Crippen LogP contribution >= 0.6 is 22.9 Å². The van der Waals surface area contributed by atoms with Gasteiger partial charge in [-0.15, -0.1) is 11.3 Å². The van der Waals surface area contributed by atoms with E-state index < -0.39 is 0 Å². The van der Waals surface area contributed by atoms with E-state index in [2.05, 4.69) is 51.9 Å². The normalized spacial score (nSPS) is 10.9. The molecular weight excluding hydrogens is 426 g/mol. The minimum atomic E-state index is 0.609. The van der Waals surface area contributed by atoms with E-state index >= 15 is 0 Å². The van der Waals surface area contributed by atoms with Crippen molar-refractivity contribution in [3.05, 3.63) is 95.1 Å². The van der Waals surface area contributed by atoms with E-state index in [4.69, 9.17) is 16.3 Å². The van der Waals surface area contributed by atoms with Crippen LogP contribution in [0.2, 0.25) is 5.02 Å². The number of nitrogens with one attached hydrogen (secondary N) is 1. The van der Waals surface area contributed by atoms with E-state index in [1.807, 2.05) is 48.5 Å². The Kier molecular flexibility index (Phi) is 5.28. The van der Waals surface area contributed by atoms with E-state index in [0.717, 1.165) is 32.8 Å². The van der Waals surface area contributed by atoms with Gasteiger partial charge in [0.2, 0.25) is 0 Å². The summed E-state index contributed by atoms with van der Waals surface area (Å²) in [6.07, 6.45) is 1.57. The second kappa shape index (κ2) is 8.38. The van der Waals surface area contributed by atoms with Crippen LogP contribution < -0.4 is 10.1 Å². The maximum Gasteiger partial charge on any atom is 0.151 e. The zero-order valence-corrected chi connectivity index (χ0v) is 18.2. The van der Waals surface area contributed by atoms with E-state index in [0.29, 0.717) is 16.6 Å². The van der Waals surface area contributed by atoms with E-state index in [9.17, 15) is 0 Å². The van der Waals surface area contributed by atoms with Gasteiger partial charge < -0.3 is 10.1 Å². The molecule has 152 valence electrons. The minimum Gasteiger partial charge on any atom is -0.455 e. The third kappa shape index (κ3) is 4.10. The summed E-state index contributed by atoms with van der Waals surface area (Å²) < 4.78 is 6.10. The molecule has 0 bridgehead atoms. The number of benzene rings is 3. The summed E-state index contributed by atoms with van der Waals surface area (Å²) >= 11 is 7.90. The van der Waals surface area contributed by atoms with Gasteiger partial charge in [0.15, 0.2) is 5.75 Å². The first kappa shape index (κ1) is 19.5. The second-order valence-corrected chi connectivity index (χ2v) is 8.39. The van der Waals surface area contributed by atoms with Gasteiger partial charge in [-0.3, -0.25) is 0 Å². The molecule has 4 nitrogen and oxygen atoms in total. The van der Waals surface area contributed by atoms with Crippen molar-refractivity contribution in [2.45, 2.75) is 6.92 Å². The lowest BCUT2D eigenvalue weighted by molar-refractivity contribution is 0.485. The van der Waals surface area contributed by atoms with Crippen LogP contribution in [0.25, 0.3) is 21.3 Å². The number of anilines is 2. The third-order valence-electron chi connectivity index (χ3n) is 4.90. The van der Waals surface area contributed by atoms with Crippen molar-refractivity contribution < 1.29 is 4.74 Å². The summed E-state index contributed by atoms with van der Waals surface area (Å²) in [5.74, 6) is 2.12. The number of aryl methyl sites for hydroxylation is 1. The maximum absolute atomic E-state index is 6.30. The molecule has 3 aromatic carbocycles. The third-order valence-corrected chi connectivity index (χ3v) is 6.02. The summed E-state index contributed by atoms with van der Waals surface area (Å²) in [5.41, 5.74) is 4.18. The molecule has 5 aromatic rings. The average Bonchev–Trinajstić information content (AvgIpc) is 3.22. The Hall–Kier alpha value is -3.41. The number of para-hydroxylation sites is 1. The number of ether oxygens (including phenoxy) is 1. The molecule has 0 aliphatic heterocycles. The smallest absolute Gasteiger partial charge is 0.151 e. The molecule has 6 heteroatoms. The Morgan fingerprint density at radius 3 is 2.55 bits per heavy atom. The highest BCUT2D eigenvalue weighted by Gasteiger charge is 2.15. The lowest BCUT2D eigenvalue weighted by Gasteiger charge is -2.14. The molecule has 0 aliphatic rings. The number of thiophene rings is 1. The average molecular weight is 444 g/mol. The monoisotopic (exact) mass is 443 g/mol. The van der Waals surface area contributed by atoms with Gasteiger partial charge in [-0.25, -0.2) is 9.97 Å². The van der Waals surface area contributed by atoms with Gasteiger partial charge in [0.25, 0.3) is 0 Å². The fourth-order valence-corrected chi connectivity index (χ4v) is 4.44. The first-order chi connectivity index (χ1) is 15.2. The lowest BCUT2D eigenvalue weighted by Crippen LogP contribution is -1.98. The summed E-state index contributed by atoms with van der Waals surface area (Å²) in [6, 6.07) is 23.6. The molecule has 0 radical (unpaired) electrons. The van der Waals surface area contributed by atoms with E-state index in [1.165, 1.54) is 5.56 Å². The molecule has 0 fully saturated rings. The summed E-state index contributed by atoms with van der Waals surface area (Å²) in [7, 11) is 0. The van der Waals surface area contributed by atoms with Crippen LogP contribution in [0.5, 0.6) is 11.5 Å². The van der Waals surface area contributed by atoms with Crippen molar-refractivity contribution in [3.63, 3.8) is 0 Å². The van der Waals surface area contributed by atoms with Gasteiger partial charge in [0.1, 0.15) is 22.7 Å². The van der Waals surface area contributed by atoms with Gasteiger partial charge >= 0.3 is 0 Å².